The molecule has 7 nitrogen and oxygen atoms in total. The second kappa shape index (κ2) is 7.69. The van der Waals surface area contributed by atoms with E-state index >= 15 is 0 Å². The van der Waals surface area contributed by atoms with Crippen molar-refractivity contribution in [1.82, 2.24) is 15.5 Å². The Bertz CT molecular complexity index is 766. The highest BCUT2D eigenvalue weighted by Gasteiger charge is 2.46. The zero-order valence-corrected chi connectivity index (χ0v) is 15.2. The van der Waals surface area contributed by atoms with Gasteiger partial charge in [0.2, 0.25) is 11.8 Å². The first-order valence-electron chi connectivity index (χ1n) is 9.04. The van der Waals surface area contributed by atoms with Crippen molar-refractivity contribution in [2.75, 3.05) is 11.9 Å². The molecule has 3 N–H and O–H groups in total. The number of nitrogens with one attached hydrogen (secondary N) is 3. The highest BCUT2D eigenvalue weighted by atomic mass is 19.4. The fourth-order valence-electron chi connectivity index (χ4n) is 3.54. The second-order valence-corrected chi connectivity index (χ2v) is 6.96. The van der Waals surface area contributed by atoms with E-state index in [4.69, 9.17) is 0 Å². The van der Waals surface area contributed by atoms with Crippen LogP contribution in [0.2, 0.25) is 0 Å². The maximum Gasteiger partial charge on any atom is 0.416 e. The fraction of sp³-hybridized carbons (Fsp3) is 0.500. The standard InChI is InChI=1S/C18H21F3N4O3/c1-2-3-13-16(27)25-9-12(8-14(25)15(26)24-13)23-17(28)22-11-6-4-10(5-7-11)18(19,20)21/h4-7,12-14H,2-3,8-9H2,1H3,(H,24,26)(H2,22,23,28)/t12-,13-,14-/m0/s1. The fourth-order valence-corrected chi connectivity index (χ4v) is 3.54. The minimum Gasteiger partial charge on any atom is -0.343 e. The first-order chi connectivity index (χ1) is 13.2. The van der Waals surface area contributed by atoms with Crippen molar-refractivity contribution < 1.29 is 27.6 Å². The van der Waals surface area contributed by atoms with Gasteiger partial charge in [0.15, 0.2) is 0 Å². The number of benzene rings is 1. The summed E-state index contributed by atoms with van der Waals surface area (Å²) in [5, 5.41) is 7.85. The summed E-state index contributed by atoms with van der Waals surface area (Å²) in [7, 11) is 0. The molecule has 2 fully saturated rings. The van der Waals surface area contributed by atoms with Crippen LogP contribution in [-0.2, 0) is 15.8 Å². The molecule has 0 radical (unpaired) electrons. The van der Waals surface area contributed by atoms with Crippen LogP contribution in [0, 0.1) is 0 Å². The maximum atomic E-state index is 12.6. The Morgan fingerprint density at radius 1 is 1.25 bits per heavy atom. The number of anilines is 1. The quantitative estimate of drug-likeness (QED) is 0.726. The number of alkyl halides is 3. The molecule has 0 aromatic heterocycles. The SMILES string of the molecule is CCC[C@@H]1NC(=O)[C@@H]2C[C@H](NC(=O)Nc3ccc(C(F)(F)F)cc3)CN2C1=O. The molecule has 2 aliphatic heterocycles. The third kappa shape index (κ3) is 4.20. The van der Waals surface area contributed by atoms with E-state index in [1.807, 2.05) is 6.92 Å². The Morgan fingerprint density at radius 2 is 1.93 bits per heavy atom. The van der Waals surface area contributed by atoms with E-state index in [1.165, 1.54) is 4.90 Å². The van der Waals surface area contributed by atoms with Crippen molar-refractivity contribution in [2.24, 2.45) is 0 Å². The smallest absolute Gasteiger partial charge is 0.343 e. The van der Waals surface area contributed by atoms with Crippen molar-refractivity contribution in [3.63, 3.8) is 0 Å². The number of hydrogen-bond acceptors (Lipinski definition) is 3. The summed E-state index contributed by atoms with van der Waals surface area (Å²) in [4.78, 5) is 38.3. The first-order valence-corrected chi connectivity index (χ1v) is 9.04. The van der Waals surface area contributed by atoms with E-state index < -0.39 is 35.9 Å². The van der Waals surface area contributed by atoms with Crippen LogP contribution in [0.25, 0.3) is 0 Å². The van der Waals surface area contributed by atoms with E-state index in [0.717, 1.165) is 30.7 Å². The van der Waals surface area contributed by atoms with Gasteiger partial charge in [-0.05, 0) is 37.1 Å². The van der Waals surface area contributed by atoms with Gasteiger partial charge in [-0.25, -0.2) is 4.79 Å². The number of urea groups is 1. The Labute approximate surface area is 159 Å². The van der Waals surface area contributed by atoms with Crippen molar-refractivity contribution in [2.45, 2.75) is 50.5 Å². The van der Waals surface area contributed by atoms with Crippen LogP contribution in [0.1, 0.15) is 31.7 Å². The number of halogens is 3. The Kier molecular flexibility index (Phi) is 5.48. The van der Waals surface area contributed by atoms with Gasteiger partial charge in [-0.2, -0.15) is 13.2 Å². The topological polar surface area (TPSA) is 90.5 Å². The number of piperazine rings is 1. The molecular weight excluding hydrogens is 377 g/mol. The van der Waals surface area contributed by atoms with E-state index in [2.05, 4.69) is 16.0 Å². The molecule has 1 aromatic rings. The Morgan fingerprint density at radius 3 is 2.54 bits per heavy atom. The van der Waals surface area contributed by atoms with Crippen molar-refractivity contribution in [3.8, 4) is 0 Å². The van der Waals surface area contributed by atoms with Crippen LogP contribution < -0.4 is 16.0 Å². The van der Waals surface area contributed by atoms with Gasteiger partial charge in [-0.1, -0.05) is 13.3 Å². The normalized spacial score (nSPS) is 24.6. The van der Waals surface area contributed by atoms with E-state index in [1.54, 1.807) is 0 Å². The number of rotatable bonds is 4. The maximum absolute atomic E-state index is 12.6. The third-order valence-corrected chi connectivity index (χ3v) is 4.88. The van der Waals surface area contributed by atoms with Crippen LogP contribution in [-0.4, -0.2) is 47.4 Å². The molecule has 0 spiro atoms. The van der Waals surface area contributed by atoms with Crippen molar-refractivity contribution >= 4 is 23.5 Å². The summed E-state index contributed by atoms with van der Waals surface area (Å²) in [6.45, 7) is 2.14. The van der Waals surface area contributed by atoms with Crippen LogP contribution in [0.3, 0.4) is 0 Å². The van der Waals surface area contributed by atoms with Gasteiger partial charge in [0.05, 0.1) is 11.6 Å². The van der Waals surface area contributed by atoms with Gasteiger partial charge in [0, 0.05) is 12.2 Å². The molecule has 2 saturated heterocycles. The van der Waals surface area contributed by atoms with E-state index in [-0.39, 0.29) is 30.5 Å². The summed E-state index contributed by atoms with van der Waals surface area (Å²) < 4.78 is 37.7. The Hall–Kier alpha value is -2.78. The molecule has 0 saturated carbocycles. The van der Waals surface area contributed by atoms with Gasteiger partial charge < -0.3 is 20.9 Å². The largest absolute Gasteiger partial charge is 0.416 e. The van der Waals surface area contributed by atoms with Crippen LogP contribution in [0.5, 0.6) is 0 Å². The molecule has 4 amide bonds. The van der Waals surface area contributed by atoms with Crippen molar-refractivity contribution in [1.29, 1.82) is 0 Å². The minimum atomic E-state index is -4.45. The first kappa shape index (κ1) is 20.0. The predicted octanol–water partition coefficient (Wildman–Crippen LogP) is 2.09. The lowest BCUT2D eigenvalue weighted by Gasteiger charge is -2.34. The summed E-state index contributed by atoms with van der Waals surface area (Å²) in [5.74, 6) is -0.385. The molecule has 0 unspecified atom stereocenters. The number of carbonyl (C=O) groups excluding carboxylic acids is 3. The van der Waals surface area contributed by atoms with Crippen LogP contribution >= 0.6 is 0 Å². The number of nitrogens with zero attached hydrogens (tertiary/aromatic N) is 1. The number of fused-ring (bicyclic) bond motifs is 1. The molecular formula is C18H21F3N4O3. The average Bonchev–Trinajstić information content (AvgIpc) is 3.04. The second-order valence-electron chi connectivity index (χ2n) is 6.96. The molecule has 3 rings (SSSR count). The third-order valence-electron chi connectivity index (χ3n) is 4.88. The lowest BCUT2D eigenvalue weighted by molar-refractivity contribution is -0.147. The van der Waals surface area contributed by atoms with Gasteiger partial charge >= 0.3 is 12.2 Å². The van der Waals surface area contributed by atoms with E-state index in [0.29, 0.717) is 6.42 Å². The average molecular weight is 398 g/mol. The number of hydrogen-bond donors (Lipinski definition) is 3. The highest BCUT2D eigenvalue weighted by Crippen LogP contribution is 2.30. The number of amides is 4. The molecule has 2 heterocycles. The molecule has 10 heteroatoms. The van der Waals surface area contributed by atoms with Crippen LogP contribution in [0.15, 0.2) is 24.3 Å². The zero-order valence-electron chi connectivity index (χ0n) is 15.2. The molecule has 3 atom stereocenters. The number of carbonyl (C=O) groups is 3. The van der Waals surface area contributed by atoms with E-state index in [9.17, 15) is 27.6 Å². The molecule has 0 aliphatic carbocycles. The minimum absolute atomic E-state index is 0.154. The highest BCUT2D eigenvalue weighted by molar-refractivity contribution is 5.98. The lowest BCUT2D eigenvalue weighted by atomic mass is 10.0. The molecule has 152 valence electrons. The van der Waals surface area contributed by atoms with Crippen LogP contribution in [0.4, 0.5) is 23.7 Å². The van der Waals surface area contributed by atoms with Crippen molar-refractivity contribution in [3.05, 3.63) is 29.8 Å². The Balaban J connectivity index is 1.57. The van der Waals surface area contributed by atoms with Gasteiger partial charge in [-0.15, -0.1) is 0 Å². The van der Waals surface area contributed by atoms with Gasteiger partial charge in [0.25, 0.3) is 0 Å². The monoisotopic (exact) mass is 398 g/mol. The summed E-state index contributed by atoms with van der Waals surface area (Å²) in [6.07, 6.45) is -2.85. The summed E-state index contributed by atoms with van der Waals surface area (Å²) in [6, 6.07) is 1.90. The zero-order chi connectivity index (χ0) is 20.5. The predicted molar refractivity (Wildman–Crippen MR) is 94.3 cm³/mol. The molecule has 2 aliphatic rings. The molecule has 28 heavy (non-hydrogen) atoms. The molecule has 1 aromatic carbocycles. The lowest BCUT2D eigenvalue weighted by Crippen LogP contribution is -2.61. The van der Waals surface area contributed by atoms with Gasteiger partial charge in [-0.3, -0.25) is 9.59 Å². The summed E-state index contributed by atoms with van der Waals surface area (Å²) in [5.41, 5.74) is -0.602. The molecule has 0 bridgehead atoms. The van der Waals surface area contributed by atoms with Gasteiger partial charge in [0.1, 0.15) is 12.1 Å². The summed E-state index contributed by atoms with van der Waals surface area (Å²) >= 11 is 0.